The lowest BCUT2D eigenvalue weighted by Crippen LogP contribution is -2.49. The minimum atomic E-state index is -0.756. The molecule has 0 aromatic heterocycles. The Hall–Kier alpha value is -1.30. The topological polar surface area (TPSA) is 89.9 Å². The number of carboxylic acid groups (broad SMARTS) is 1. The molecule has 20 heavy (non-hydrogen) atoms. The molecular formula is C14H24N2O4. The van der Waals surface area contributed by atoms with E-state index in [0.29, 0.717) is 13.1 Å². The van der Waals surface area contributed by atoms with Crippen LogP contribution in [0.2, 0.25) is 0 Å². The highest BCUT2D eigenvalue weighted by molar-refractivity contribution is 5.74. The Labute approximate surface area is 119 Å². The van der Waals surface area contributed by atoms with Crippen molar-refractivity contribution in [2.75, 3.05) is 13.1 Å². The van der Waals surface area contributed by atoms with Crippen LogP contribution >= 0.6 is 0 Å². The van der Waals surface area contributed by atoms with E-state index in [4.69, 9.17) is 5.11 Å². The van der Waals surface area contributed by atoms with Crippen LogP contribution in [0.4, 0.5) is 4.79 Å². The molecular weight excluding hydrogens is 260 g/mol. The fourth-order valence-corrected chi connectivity index (χ4v) is 3.07. The average molecular weight is 284 g/mol. The second-order valence-corrected chi connectivity index (χ2v) is 5.98. The molecule has 2 aliphatic rings. The SMILES string of the molecule is O=C(O)CC1CCN(C(=O)NC2CCC(O)CC2)CC1. The van der Waals surface area contributed by atoms with Crippen molar-refractivity contribution in [2.24, 2.45) is 5.92 Å². The molecule has 1 aliphatic carbocycles. The predicted molar refractivity (Wildman–Crippen MR) is 73.3 cm³/mol. The molecule has 114 valence electrons. The maximum absolute atomic E-state index is 12.1. The molecule has 0 aromatic carbocycles. The molecule has 3 N–H and O–H groups in total. The van der Waals surface area contributed by atoms with Crippen LogP contribution < -0.4 is 5.32 Å². The quantitative estimate of drug-likeness (QED) is 0.726. The maximum atomic E-state index is 12.1. The molecule has 0 bridgehead atoms. The van der Waals surface area contributed by atoms with Gasteiger partial charge in [-0.05, 0) is 44.4 Å². The van der Waals surface area contributed by atoms with Gasteiger partial charge in [0, 0.05) is 25.6 Å². The van der Waals surface area contributed by atoms with E-state index in [1.165, 1.54) is 0 Å². The number of aliphatic hydroxyl groups excluding tert-OH is 1. The van der Waals surface area contributed by atoms with Gasteiger partial charge in [-0.15, -0.1) is 0 Å². The third kappa shape index (κ3) is 4.37. The van der Waals surface area contributed by atoms with Gasteiger partial charge >= 0.3 is 12.0 Å². The number of aliphatic carboxylic acids is 1. The molecule has 1 heterocycles. The van der Waals surface area contributed by atoms with E-state index in [2.05, 4.69) is 5.32 Å². The fraction of sp³-hybridized carbons (Fsp3) is 0.857. The van der Waals surface area contributed by atoms with Gasteiger partial charge in [-0.1, -0.05) is 0 Å². The summed E-state index contributed by atoms with van der Waals surface area (Å²) in [6.07, 6.45) is 4.71. The molecule has 0 unspecified atom stereocenters. The highest BCUT2D eigenvalue weighted by Crippen LogP contribution is 2.22. The van der Waals surface area contributed by atoms with Crippen LogP contribution in [0.25, 0.3) is 0 Å². The zero-order chi connectivity index (χ0) is 14.5. The van der Waals surface area contributed by atoms with E-state index in [1.807, 2.05) is 0 Å². The van der Waals surface area contributed by atoms with Crippen LogP contribution in [0.15, 0.2) is 0 Å². The van der Waals surface area contributed by atoms with Crippen molar-refractivity contribution in [3.05, 3.63) is 0 Å². The number of urea groups is 1. The van der Waals surface area contributed by atoms with Crippen LogP contribution in [0.1, 0.15) is 44.9 Å². The van der Waals surface area contributed by atoms with Crippen molar-refractivity contribution >= 4 is 12.0 Å². The summed E-state index contributed by atoms with van der Waals surface area (Å²) in [6, 6.07) is 0.128. The number of piperidine rings is 1. The van der Waals surface area contributed by atoms with Gasteiger partial charge in [-0.25, -0.2) is 4.79 Å². The first kappa shape index (κ1) is 15.1. The number of carbonyl (C=O) groups excluding carboxylic acids is 1. The van der Waals surface area contributed by atoms with Gasteiger partial charge in [-0.3, -0.25) is 4.79 Å². The lowest BCUT2D eigenvalue weighted by Gasteiger charge is -2.34. The van der Waals surface area contributed by atoms with Crippen molar-refractivity contribution < 1.29 is 19.8 Å². The summed E-state index contributed by atoms with van der Waals surface area (Å²) in [5, 5.41) is 21.2. The van der Waals surface area contributed by atoms with Gasteiger partial charge in [-0.2, -0.15) is 0 Å². The van der Waals surface area contributed by atoms with E-state index >= 15 is 0 Å². The van der Waals surface area contributed by atoms with Gasteiger partial charge in [0.1, 0.15) is 0 Å². The molecule has 1 aliphatic heterocycles. The average Bonchev–Trinajstić information content (AvgIpc) is 2.41. The smallest absolute Gasteiger partial charge is 0.317 e. The zero-order valence-corrected chi connectivity index (χ0v) is 11.8. The third-order valence-corrected chi connectivity index (χ3v) is 4.39. The molecule has 2 fully saturated rings. The number of aliphatic hydroxyl groups is 1. The van der Waals surface area contributed by atoms with Crippen molar-refractivity contribution in [3.8, 4) is 0 Å². The number of carboxylic acids is 1. The van der Waals surface area contributed by atoms with Crippen molar-refractivity contribution in [2.45, 2.75) is 57.1 Å². The first-order valence-electron chi connectivity index (χ1n) is 7.50. The number of nitrogens with zero attached hydrogens (tertiary/aromatic N) is 1. The Morgan fingerprint density at radius 1 is 1.05 bits per heavy atom. The second kappa shape index (κ2) is 6.92. The first-order chi connectivity index (χ1) is 9.54. The number of amides is 2. The highest BCUT2D eigenvalue weighted by atomic mass is 16.4. The molecule has 6 nitrogen and oxygen atoms in total. The molecule has 0 radical (unpaired) electrons. The summed E-state index contributed by atoms with van der Waals surface area (Å²) in [5.74, 6) is -0.560. The molecule has 2 amide bonds. The standard InChI is InChI=1S/C14H24N2O4/c17-12-3-1-11(2-4-12)15-14(20)16-7-5-10(6-8-16)9-13(18)19/h10-12,17H,1-9H2,(H,15,20)(H,18,19). The summed E-state index contributed by atoms with van der Waals surface area (Å²) in [6.45, 7) is 1.28. The normalized spacial score (nSPS) is 28.1. The number of carbonyl (C=O) groups is 2. The van der Waals surface area contributed by atoms with E-state index in [9.17, 15) is 14.7 Å². The Morgan fingerprint density at radius 3 is 2.20 bits per heavy atom. The summed E-state index contributed by atoms with van der Waals surface area (Å²) >= 11 is 0. The Kier molecular flexibility index (Phi) is 5.23. The zero-order valence-electron chi connectivity index (χ0n) is 11.8. The Balaban J connectivity index is 1.70. The maximum Gasteiger partial charge on any atom is 0.317 e. The molecule has 0 spiro atoms. The van der Waals surface area contributed by atoms with Gasteiger partial charge in [0.2, 0.25) is 0 Å². The molecule has 0 aromatic rings. The second-order valence-electron chi connectivity index (χ2n) is 5.98. The van der Waals surface area contributed by atoms with E-state index < -0.39 is 5.97 Å². The largest absolute Gasteiger partial charge is 0.481 e. The Morgan fingerprint density at radius 2 is 1.65 bits per heavy atom. The van der Waals surface area contributed by atoms with Crippen molar-refractivity contribution in [3.63, 3.8) is 0 Å². The monoisotopic (exact) mass is 284 g/mol. The number of hydrogen-bond acceptors (Lipinski definition) is 3. The first-order valence-corrected chi connectivity index (χ1v) is 7.50. The van der Waals surface area contributed by atoms with E-state index in [1.54, 1.807) is 4.90 Å². The van der Waals surface area contributed by atoms with Gasteiger partial charge < -0.3 is 20.4 Å². The highest BCUT2D eigenvalue weighted by Gasteiger charge is 2.27. The molecule has 1 saturated heterocycles. The van der Waals surface area contributed by atoms with Crippen molar-refractivity contribution in [1.29, 1.82) is 0 Å². The number of nitrogens with one attached hydrogen (secondary N) is 1. The van der Waals surface area contributed by atoms with Gasteiger partial charge in [0.15, 0.2) is 0 Å². The predicted octanol–water partition coefficient (Wildman–Crippen LogP) is 1.19. The van der Waals surface area contributed by atoms with Crippen LogP contribution in [0, 0.1) is 5.92 Å². The third-order valence-electron chi connectivity index (χ3n) is 4.39. The van der Waals surface area contributed by atoms with E-state index in [0.717, 1.165) is 38.5 Å². The summed E-state index contributed by atoms with van der Waals surface area (Å²) in [4.78, 5) is 24.6. The molecule has 0 atom stereocenters. The number of rotatable bonds is 3. The lowest BCUT2D eigenvalue weighted by atomic mass is 9.92. The number of likely N-dealkylation sites (tertiary alicyclic amines) is 1. The minimum absolute atomic E-state index is 0.0415. The van der Waals surface area contributed by atoms with Gasteiger partial charge in [0.25, 0.3) is 0 Å². The molecule has 2 rings (SSSR count). The van der Waals surface area contributed by atoms with E-state index in [-0.39, 0.29) is 30.5 Å². The van der Waals surface area contributed by atoms with Gasteiger partial charge in [0.05, 0.1) is 6.10 Å². The number of hydrogen-bond donors (Lipinski definition) is 3. The lowest BCUT2D eigenvalue weighted by molar-refractivity contribution is -0.138. The van der Waals surface area contributed by atoms with Crippen molar-refractivity contribution in [1.82, 2.24) is 10.2 Å². The van der Waals surface area contributed by atoms with Crippen LogP contribution in [-0.4, -0.2) is 52.3 Å². The molecule has 1 saturated carbocycles. The minimum Gasteiger partial charge on any atom is -0.481 e. The summed E-state index contributed by atoms with van der Waals surface area (Å²) in [7, 11) is 0. The van der Waals surface area contributed by atoms with Crippen LogP contribution in [0.5, 0.6) is 0 Å². The Bertz CT molecular complexity index is 345. The molecule has 6 heteroatoms. The summed E-state index contributed by atoms with van der Waals surface area (Å²) in [5.41, 5.74) is 0. The van der Waals surface area contributed by atoms with Crippen LogP contribution in [0.3, 0.4) is 0 Å². The van der Waals surface area contributed by atoms with Crippen LogP contribution in [-0.2, 0) is 4.79 Å². The fourth-order valence-electron chi connectivity index (χ4n) is 3.07. The summed E-state index contributed by atoms with van der Waals surface area (Å²) < 4.78 is 0.